The zero-order valence-corrected chi connectivity index (χ0v) is 13.9. The number of thiophene rings is 1. The normalized spacial score (nSPS) is 10.7. The highest BCUT2D eigenvalue weighted by molar-refractivity contribution is 7.09. The van der Waals surface area contributed by atoms with Crippen LogP contribution in [-0.2, 0) is 17.9 Å². The van der Waals surface area contributed by atoms with Crippen molar-refractivity contribution in [2.24, 2.45) is 0 Å². The van der Waals surface area contributed by atoms with E-state index >= 15 is 0 Å². The molecular formula is C18H17N3O2S. The van der Waals surface area contributed by atoms with Crippen molar-refractivity contribution in [1.29, 1.82) is 0 Å². The fourth-order valence-electron chi connectivity index (χ4n) is 2.51. The Balaban J connectivity index is 1.88. The van der Waals surface area contributed by atoms with E-state index in [1.54, 1.807) is 28.4 Å². The fraction of sp³-hybridized carbons (Fsp3) is 0.167. The summed E-state index contributed by atoms with van der Waals surface area (Å²) in [5.74, 6) is -0.123. The van der Waals surface area contributed by atoms with Crippen LogP contribution < -0.4 is 5.56 Å². The van der Waals surface area contributed by atoms with Crippen LogP contribution in [0.3, 0.4) is 0 Å². The summed E-state index contributed by atoms with van der Waals surface area (Å²) >= 11 is 1.60. The van der Waals surface area contributed by atoms with Gasteiger partial charge >= 0.3 is 0 Å². The molecule has 0 saturated carbocycles. The summed E-state index contributed by atoms with van der Waals surface area (Å²) in [7, 11) is 0. The molecule has 5 nitrogen and oxygen atoms in total. The van der Waals surface area contributed by atoms with E-state index in [1.165, 1.54) is 10.8 Å². The summed E-state index contributed by atoms with van der Waals surface area (Å²) < 4.78 is 1.47. The molecule has 0 radical (unpaired) electrons. The first-order chi connectivity index (χ1) is 11.7. The first-order valence-electron chi connectivity index (χ1n) is 7.54. The highest BCUT2D eigenvalue weighted by atomic mass is 32.1. The Kier molecular flexibility index (Phi) is 4.86. The van der Waals surface area contributed by atoms with E-state index in [2.05, 4.69) is 11.6 Å². The van der Waals surface area contributed by atoms with E-state index in [9.17, 15) is 9.59 Å². The van der Waals surface area contributed by atoms with E-state index in [1.807, 2.05) is 35.7 Å². The van der Waals surface area contributed by atoms with Gasteiger partial charge in [0.15, 0.2) is 0 Å². The number of carbonyl (C=O) groups is 1. The van der Waals surface area contributed by atoms with Crippen LogP contribution in [0, 0.1) is 0 Å². The molecule has 1 aromatic carbocycles. The Labute approximate surface area is 143 Å². The van der Waals surface area contributed by atoms with E-state index < -0.39 is 0 Å². The van der Waals surface area contributed by atoms with Crippen molar-refractivity contribution in [3.05, 3.63) is 75.9 Å². The first-order valence-corrected chi connectivity index (χ1v) is 8.42. The third-order valence-corrected chi connectivity index (χ3v) is 4.54. The number of nitrogens with zero attached hydrogens (tertiary/aromatic N) is 3. The predicted octanol–water partition coefficient (Wildman–Crippen LogP) is 2.67. The first kappa shape index (κ1) is 16.1. The quantitative estimate of drug-likeness (QED) is 0.649. The summed E-state index contributed by atoms with van der Waals surface area (Å²) in [4.78, 5) is 31.8. The van der Waals surface area contributed by atoms with Crippen molar-refractivity contribution in [1.82, 2.24) is 14.5 Å². The van der Waals surface area contributed by atoms with Crippen molar-refractivity contribution in [2.45, 2.75) is 13.1 Å². The summed E-state index contributed by atoms with van der Waals surface area (Å²) in [5.41, 5.74) is 1.07. The molecule has 2 heterocycles. The van der Waals surface area contributed by atoms with Crippen LogP contribution >= 0.6 is 11.3 Å². The zero-order valence-electron chi connectivity index (χ0n) is 13.1. The molecule has 0 aliphatic carbocycles. The molecule has 0 aliphatic rings. The fourth-order valence-corrected chi connectivity index (χ4v) is 3.23. The summed E-state index contributed by atoms with van der Waals surface area (Å²) in [6.45, 7) is 4.66. The highest BCUT2D eigenvalue weighted by Crippen LogP contribution is 2.13. The van der Waals surface area contributed by atoms with Crippen molar-refractivity contribution < 1.29 is 4.79 Å². The second-order valence-electron chi connectivity index (χ2n) is 5.31. The van der Waals surface area contributed by atoms with Crippen LogP contribution in [-0.4, -0.2) is 26.9 Å². The average molecular weight is 339 g/mol. The van der Waals surface area contributed by atoms with Gasteiger partial charge in [-0.2, -0.15) is 0 Å². The number of para-hydroxylation sites is 2. The molecule has 6 heteroatoms. The van der Waals surface area contributed by atoms with Crippen molar-refractivity contribution in [2.75, 3.05) is 6.54 Å². The van der Waals surface area contributed by atoms with Crippen molar-refractivity contribution in [3.63, 3.8) is 0 Å². The lowest BCUT2D eigenvalue weighted by atomic mass is 10.3. The SMILES string of the molecule is C=CCN(Cc1cccs1)C(=O)Cn1c(=O)cnc2ccccc21. The average Bonchev–Trinajstić information content (AvgIpc) is 3.10. The molecule has 2 aromatic heterocycles. The molecule has 3 rings (SSSR count). The van der Waals surface area contributed by atoms with Gasteiger partial charge in [0, 0.05) is 11.4 Å². The molecule has 0 bridgehead atoms. The van der Waals surface area contributed by atoms with E-state index in [0.717, 1.165) is 4.88 Å². The lowest BCUT2D eigenvalue weighted by Crippen LogP contribution is -2.36. The molecule has 3 aromatic rings. The summed E-state index contributed by atoms with van der Waals surface area (Å²) in [6.07, 6.45) is 2.95. The number of benzene rings is 1. The Hall–Kier alpha value is -2.73. The van der Waals surface area contributed by atoms with Gasteiger partial charge in [-0.25, -0.2) is 4.98 Å². The summed E-state index contributed by atoms with van der Waals surface area (Å²) in [6, 6.07) is 11.3. The molecular weight excluding hydrogens is 322 g/mol. The second kappa shape index (κ2) is 7.23. The van der Waals surface area contributed by atoms with E-state index in [-0.39, 0.29) is 18.0 Å². The Morgan fingerprint density at radius 2 is 2.12 bits per heavy atom. The Bertz CT molecular complexity index is 915. The van der Waals surface area contributed by atoms with Gasteiger partial charge in [0.2, 0.25) is 5.91 Å². The monoisotopic (exact) mass is 339 g/mol. The number of fused-ring (bicyclic) bond motifs is 1. The van der Waals surface area contributed by atoms with Gasteiger partial charge < -0.3 is 4.90 Å². The molecule has 0 fully saturated rings. The highest BCUT2D eigenvalue weighted by Gasteiger charge is 2.16. The lowest BCUT2D eigenvalue weighted by Gasteiger charge is -2.21. The Morgan fingerprint density at radius 1 is 1.29 bits per heavy atom. The molecule has 0 unspecified atom stereocenters. The van der Waals surface area contributed by atoms with Gasteiger partial charge in [0.25, 0.3) is 5.56 Å². The topological polar surface area (TPSA) is 55.2 Å². The van der Waals surface area contributed by atoms with Crippen LogP contribution in [0.25, 0.3) is 11.0 Å². The minimum absolute atomic E-state index is 0.0128. The second-order valence-corrected chi connectivity index (χ2v) is 6.35. The van der Waals surface area contributed by atoms with Gasteiger partial charge in [-0.05, 0) is 23.6 Å². The predicted molar refractivity (Wildman–Crippen MR) is 95.9 cm³/mol. The number of hydrogen-bond acceptors (Lipinski definition) is 4. The van der Waals surface area contributed by atoms with Crippen LogP contribution in [0.5, 0.6) is 0 Å². The van der Waals surface area contributed by atoms with Crippen LogP contribution in [0.4, 0.5) is 0 Å². The Morgan fingerprint density at radius 3 is 2.88 bits per heavy atom. The van der Waals surface area contributed by atoms with Gasteiger partial charge in [0.1, 0.15) is 6.54 Å². The maximum atomic E-state index is 12.7. The van der Waals surface area contributed by atoms with E-state index in [4.69, 9.17) is 0 Å². The van der Waals surface area contributed by atoms with Crippen molar-refractivity contribution >= 4 is 28.3 Å². The molecule has 0 spiro atoms. The van der Waals surface area contributed by atoms with Gasteiger partial charge in [-0.1, -0.05) is 24.3 Å². The maximum absolute atomic E-state index is 12.7. The molecule has 24 heavy (non-hydrogen) atoms. The number of aromatic nitrogens is 2. The van der Waals surface area contributed by atoms with Crippen LogP contribution in [0.2, 0.25) is 0 Å². The summed E-state index contributed by atoms with van der Waals surface area (Å²) in [5, 5.41) is 1.98. The molecule has 1 amide bonds. The maximum Gasteiger partial charge on any atom is 0.269 e. The standard InChI is InChI=1S/C18H17N3O2S/c1-2-9-20(12-14-6-5-10-24-14)18(23)13-21-16-8-4-3-7-15(16)19-11-17(21)22/h2-8,10-11H,1,9,12-13H2. The van der Waals surface area contributed by atoms with Crippen molar-refractivity contribution in [3.8, 4) is 0 Å². The molecule has 0 atom stereocenters. The minimum Gasteiger partial charge on any atom is -0.332 e. The number of carbonyl (C=O) groups excluding carboxylic acids is 1. The minimum atomic E-state index is -0.281. The lowest BCUT2D eigenvalue weighted by molar-refractivity contribution is -0.131. The molecule has 122 valence electrons. The molecule has 0 aliphatic heterocycles. The largest absolute Gasteiger partial charge is 0.332 e. The van der Waals surface area contributed by atoms with E-state index in [0.29, 0.717) is 24.1 Å². The van der Waals surface area contributed by atoms with Crippen LogP contribution in [0.1, 0.15) is 4.88 Å². The third kappa shape index (κ3) is 3.44. The van der Waals surface area contributed by atoms with Gasteiger partial charge in [-0.3, -0.25) is 14.2 Å². The zero-order chi connectivity index (χ0) is 16.9. The van der Waals surface area contributed by atoms with Gasteiger partial charge in [0.05, 0.1) is 23.8 Å². The van der Waals surface area contributed by atoms with Crippen LogP contribution in [0.15, 0.2) is 65.4 Å². The molecule has 0 saturated heterocycles. The number of hydrogen-bond donors (Lipinski definition) is 0. The third-order valence-electron chi connectivity index (χ3n) is 3.67. The number of amides is 1. The number of rotatable bonds is 6. The molecule has 0 N–H and O–H groups in total. The van der Waals surface area contributed by atoms with Gasteiger partial charge in [-0.15, -0.1) is 17.9 Å². The smallest absolute Gasteiger partial charge is 0.269 e.